The van der Waals surface area contributed by atoms with E-state index in [9.17, 15) is 0 Å². The Labute approximate surface area is 136 Å². The summed E-state index contributed by atoms with van der Waals surface area (Å²) in [7, 11) is 0. The molecule has 1 fully saturated rings. The summed E-state index contributed by atoms with van der Waals surface area (Å²) in [5, 5.41) is 0. The molecular formula is C21H44. The zero-order valence-electron chi connectivity index (χ0n) is 15.4. The van der Waals surface area contributed by atoms with E-state index < -0.39 is 0 Å². The summed E-state index contributed by atoms with van der Waals surface area (Å²) in [6.07, 6.45) is 27.9. The molecule has 0 saturated heterocycles. The maximum Gasteiger partial charge on any atom is -0.0533 e. The van der Waals surface area contributed by atoms with Gasteiger partial charge in [0.15, 0.2) is 0 Å². The number of hydrogen-bond donors (Lipinski definition) is 0. The van der Waals surface area contributed by atoms with Crippen LogP contribution in [0.3, 0.4) is 0 Å². The van der Waals surface area contributed by atoms with Crippen molar-refractivity contribution in [1.29, 1.82) is 0 Å². The summed E-state index contributed by atoms with van der Waals surface area (Å²) in [6, 6.07) is 0. The van der Waals surface area contributed by atoms with Gasteiger partial charge in [-0.3, -0.25) is 0 Å². The molecule has 0 aromatic carbocycles. The van der Waals surface area contributed by atoms with Crippen LogP contribution in [0.25, 0.3) is 0 Å². The lowest BCUT2D eigenvalue weighted by Crippen LogP contribution is -1.83. The predicted molar refractivity (Wildman–Crippen MR) is 99.1 cm³/mol. The Kier molecular flexibility index (Phi) is 20.0. The van der Waals surface area contributed by atoms with E-state index in [4.69, 9.17) is 0 Å². The monoisotopic (exact) mass is 296 g/mol. The Balaban J connectivity index is 0.00000117. The fraction of sp³-hybridized carbons (Fsp3) is 1.00. The number of hydrogen-bond acceptors (Lipinski definition) is 0. The van der Waals surface area contributed by atoms with E-state index in [0.717, 1.165) is 0 Å². The topological polar surface area (TPSA) is 0 Å². The molecule has 0 radical (unpaired) electrons. The van der Waals surface area contributed by atoms with Gasteiger partial charge in [-0.05, 0) is 0 Å². The fourth-order valence-corrected chi connectivity index (χ4v) is 2.62. The molecule has 0 nitrogen and oxygen atoms in total. The SMILES string of the molecule is C1CC1.CCCCCCCCCCCCCCCCCC. The maximum atomic E-state index is 2.29. The summed E-state index contributed by atoms with van der Waals surface area (Å²) in [6.45, 7) is 4.59. The van der Waals surface area contributed by atoms with Gasteiger partial charge in [0.05, 0.1) is 0 Å². The van der Waals surface area contributed by atoms with Crippen molar-refractivity contribution < 1.29 is 0 Å². The molecule has 1 saturated carbocycles. The minimum absolute atomic E-state index is 1.37. The first-order valence-corrected chi connectivity index (χ1v) is 10.4. The lowest BCUT2D eigenvalue weighted by atomic mass is 10.0. The summed E-state index contributed by atoms with van der Waals surface area (Å²) in [5.41, 5.74) is 0. The normalized spacial score (nSPS) is 12.9. The van der Waals surface area contributed by atoms with Crippen molar-refractivity contribution in [2.45, 2.75) is 136 Å². The second-order valence-corrected chi connectivity index (χ2v) is 7.01. The minimum Gasteiger partial charge on any atom is -0.0654 e. The van der Waals surface area contributed by atoms with E-state index >= 15 is 0 Å². The zero-order valence-corrected chi connectivity index (χ0v) is 15.4. The molecule has 0 heterocycles. The molecule has 0 aromatic rings. The Morgan fingerprint density at radius 3 is 0.667 bits per heavy atom. The smallest absolute Gasteiger partial charge is 0.0533 e. The molecule has 0 bridgehead atoms. The van der Waals surface area contributed by atoms with E-state index in [1.807, 2.05) is 0 Å². The third kappa shape index (κ3) is 25.3. The van der Waals surface area contributed by atoms with Crippen LogP contribution in [-0.4, -0.2) is 0 Å². The first-order valence-electron chi connectivity index (χ1n) is 10.4. The molecular weight excluding hydrogens is 252 g/mol. The molecule has 1 aliphatic carbocycles. The Bertz CT molecular complexity index is 141. The van der Waals surface area contributed by atoms with E-state index in [-0.39, 0.29) is 0 Å². The Morgan fingerprint density at radius 1 is 0.333 bits per heavy atom. The molecule has 0 aromatic heterocycles. The molecule has 0 atom stereocenters. The van der Waals surface area contributed by atoms with E-state index in [1.54, 1.807) is 0 Å². The molecule has 0 N–H and O–H groups in total. The summed E-state index contributed by atoms with van der Waals surface area (Å²) < 4.78 is 0. The largest absolute Gasteiger partial charge is 0.0654 e. The zero-order chi connectivity index (χ0) is 15.4. The third-order valence-electron chi connectivity index (χ3n) is 4.31. The molecule has 128 valence electrons. The lowest BCUT2D eigenvalue weighted by molar-refractivity contribution is 0.531. The van der Waals surface area contributed by atoms with Crippen LogP contribution in [0.5, 0.6) is 0 Å². The lowest BCUT2D eigenvalue weighted by Gasteiger charge is -2.03. The standard InChI is InChI=1S/C18H38.C3H6/c1-3-5-7-9-11-13-15-17-18-16-14-12-10-8-6-4-2;1-2-3-1/h3-18H2,1-2H3;1-3H2. The van der Waals surface area contributed by atoms with Gasteiger partial charge < -0.3 is 0 Å². The first kappa shape index (κ1) is 21.0. The van der Waals surface area contributed by atoms with Crippen LogP contribution >= 0.6 is 0 Å². The second-order valence-electron chi connectivity index (χ2n) is 7.01. The van der Waals surface area contributed by atoms with Crippen LogP contribution in [0.15, 0.2) is 0 Å². The van der Waals surface area contributed by atoms with Crippen LogP contribution < -0.4 is 0 Å². The first-order chi connectivity index (χ1) is 10.4. The summed E-state index contributed by atoms with van der Waals surface area (Å²) in [5.74, 6) is 0. The molecule has 1 rings (SSSR count). The predicted octanol–water partition coefficient (Wildman–Crippen LogP) is 8.44. The van der Waals surface area contributed by atoms with Gasteiger partial charge >= 0.3 is 0 Å². The van der Waals surface area contributed by atoms with Crippen molar-refractivity contribution in [2.24, 2.45) is 0 Å². The van der Waals surface area contributed by atoms with Crippen LogP contribution in [0, 0.1) is 0 Å². The molecule has 0 spiro atoms. The van der Waals surface area contributed by atoms with Gasteiger partial charge in [-0.1, -0.05) is 136 Å². The van der Waals surface area contributed by atoms with E-state index in [0.29, 0.717) is 0 Å². The third-order valence-corrected chi connectivity index (χ3v) is 4.31. The number of rotatable bonds is 15. The highest BCUT2D eigenvalue weighted by Crippen LogP contribution is 2.15. The highest BCUT2D eigenvalue weighted by molar-refractivity contribution is 4.51. The van der Waals surface area contributed by atoms with Gasteiger partial charge in [-0.2, -0.15) is 0 Å². The molecule has 0 unspecified atom stereocenters. The summed E-state index contributed by atoms with van der Waals surface area (Å²) in [4.78, 5) is 0. The highest BCUT2D eigenvalue weighted by Gasteiger charge is 1.95. The molecule has 21 heavy (non-hydrogen) atoms. The van der Waals surface area contributed by atoms with Crippen molar-refractivity contribution in [1.82, 2.24) is 0 Å². The number of unbranched alkanes of at least 4 members (excludes halogenated alkanes) is 15. The quantitative estimate of drug-likeness (QED) is 0.266. The molecule has 0 aliphatic heterocycles. The van der Waals surface area contributed by atoms with Gasteiger partial charge in [0.1, 0.15) is 0 Å². The van der Waals surface area contributed by atoms with E-state index in [1.165, 1.54) is 122 Å². The van der Waals surface area contributed by atoms with Gasteiger partial charge in [0.25, 0.3) is 0 Å². The van der Waals surface area contributed by atoms with Crippen molar-refractivity contribution >= 4 is 0 Å². The van der Waals surface area contributed by atoms with Crippen LogP contribution in [-0.2, 0) is 0 Å². The van der Waals surface area contributed by atoms with Crippen molar-refractivity contribution in [2.75, 3.05) is 0 Å². The average Bonchev–Trinajstić information content (AvgIpc) is 3.36. The van der Waals surface area contributed by atoms with Gasteiger partial charge in [0.2, 0.25) is 0 Å². The van der Waals surface area contributed by atoms with Crippen LogP contribution in [0.2, 0.25) is 0 Å². The van der Waals surface area contributed by atoms with Gasteiger partial charge in [0, 0.05) is 0 Å². The minimum atomic E-state index is 1.37. The summed E-state index contributed by atoms with van der Waals surface area (Å²) >= 11 is 0. The second kappa shape index (κ2) is 20.0. The van der Waals surface area contributed by atoms with Gasteiger partial charge in [-0.15, -0.1) is 0 Å². The van der Waals surface area contributed by atoms with E-state index in [2.05, 4.69) is 13.8 Å². The van der Waals surface area contributed by atoms with Crippen molar-refractivity contribution in [3.63, 3.8) is 0 Å². The molecule has 1 aliphatic rings. The Hall–Kier alpha value is 0. The van der Waals surface area contributed by atoms with Gasteiger partial charge in [-0.25, -0.2) is 0 Å². The van der Waals surface area contributed by atoms with Crippen molar-refractivity contribution in [3.05, 3.63) is 0 Å². The van der Waals surface area contributed by atoms with Crippen LogP contribution in [0.1, 0.15) is 136 Å². The van der Waals surface area contributed by atoms with Crippen molar-refractivity contribution in [3.8, 4) is 0 Å². The molecule has 0 amide bonds. The average molecular weight is 297 g/mol. The van der Waals surface area contributed by atoms with Crippen LogP contribution in [0.4, 0.5) is 0 Å². The Morgan fingerprint density at radius 2 is 0.524 bits per heavy atom. The molecule has 0 heteroatoms. The maximum absolute atomic E-state index is 2.29. The highest BCUT2D eigenvalue weighted by atomic mass is 14.0. The fourth-order valence-electron chi connectivity index (χ4n) is 2.62.